The monoisotopic (exact) mass is 243 g/mol. The SMILES string of the molecule is OCc1cnc(CF)c(F)c1OC(F)(F)F. The molecule has 0 bridgehead atoms. The van der Waals surface area contributed by atoms with Gasteiger partial charge >= 0.3 is 6.36 Å². The molecule has 1 rings (SSSR count). The average Bonchev–Trinajstić information content (AvgIpc) is 2.19. The first kappa shape index (κ1) is 12.6. The fraction of sp³-hybridized carbons (Fsp3) is 0.375. The Balaban J connectivity index is 3.21. The Bertz CT molecular complexity index is 379. The molecule has 1 N–H and O–H groups in total. The maximum atomic E-state index is 13.2. The fourth-order valence-corrected chi connectivity index (χ4v) is 0.975. The number of aliphatic hydroxyl groups excluding tert-OH is 1. The highest BCUT2D eigenvalue weighted by Gasteiger charge is 2.34. The molecule has 0 spiro atoms. The number of alkyl halides is 4. The summed E-state index contributed by atoms with van der Waals surface area (Å²) in [6.45, 7) is -2.27. The minimum absolute atomic E-state index is 0.507. The van der Waals surface area contributed by atoms with Crippen LogP contribution in [0, 0.1) is 5.82 Å². The van der Waals surface area contributed by atoms with Gasteiger partial charge in [-0.3, -0.25) is 4.98 Å². The second-order valence-electron chi connectivity index (χ2n) is 2.71. The lowest BCUT2D eigenvalue weighted by molar-refractivity contribution is -0.276. The number of ether oxygens (including phenoxy) is 1. The molecule has 1 aromatic rings. The molecule has 0 saturated heterocycles. The van der Waals surface area contributed by atoms with Crippen molar-refractivity contribution >= 4 is 0 Å². The van der Waals surface area contributed by atoms with E-state index in [0.29, 0.717) is 0 Å². The lowest BCUT2D eigenvalue weighted by Crippen LogP contribution is -2.20. The van der Waals surface area contributed by atoms with E-state index in [9.17, 15) is 22.0 Å². The van der Waals surface area contributed by atoms with Crippen LogP contribution in [0.15, 0.2) is 6.20 Å². The highest BCUT2D eigenvalue weighted by molar-refractivity contribution is 5.34. The summed E-state index contributed by atoms with van der Waals surface area (Å²) >= 11 is 0. The molecule has 0 fully saturated rings. The van der Waals surface area contributed by atoms with E-state index in [1.165, 1.54) is 0 Å². The average molecular weight is 243 g/mol. The molecule has 0 aliphatic rings. The quantitative estimate of drug-likeness (QED) is 0.826. The van der Waals surface area contributed by atoms with Gasteiger partial charge in [0.1, 0.15) is 12.4 Å². The number of hydrogen-bond donors (Lipinski definition) is 1. The zero-order valence-electron chi connectivity index (χ0n) is 7.68. The van der Waals surface area contributed by atoms with E-state index in [1.54, 1.807) is 0 Å². The minimum atomic E-state index is -5.13. The summed E-state index contributed by atoms with van der Waals surface area (Å²) in [5.41, 5.74) is -1.32. The largest absolute Gasteiger partial charge is 0.573 e. The van der Waals surface area contributed by atoms with Crippen molar-refractivity contribution in [2.24, 2.45) is 0 Å². The van der Waals surface area contributed by atoms with Crippen LogP contribution < -0.4 is 4.74 Å². The Morgan fingerprint density at radius 1 is 1.38 bits per heavy atom. The molecule has 90 valence electrons. The summed E-state index contributed by atoms with van der Waals surface area (Å²) in [6, 6.07) is 0. The molecular weight excluding hydrogens is 237 g/mol. The predicted octanol–water partition coefficient (Wildman–Crippen LogP) is 2.08. The minimum Gasteiger partial charge on any atom is -0.402 e. The maximum Gasteiger partial charge on any atom is 0.573 e. The number of rotatable bonds is 3. The second kappa shape index (κ2) is 4.60. The van der Waals surface area contributed by atoms with Crippen LogP contribution >= 0.6 is 0 Å². The summed E-state index contributed by atoms with van der Waals surface area (Å²) in [5, 5.41) is 8.66. The zero-order chi connectivity index (χ0) is 12.3. The van der Waals surface area contributed by atoms with Crippen molar-refractivity contribution in [3.63, 3.8) is 0 Å². The molecule has 0 saturated carbocycles. The van der Waals surface area contributed by atoms with E-state index in [0.717, 1.165) is 6.20 Å². The number of aliphatic hydroxyl groups is 1. The van der Waals surface area contributed by atoms with Crippen LogP contribution in [0.3, 0.4) is 0 Å². The molecule has 0 radical (unpaired) electrons. The van der Waals surface area contributed by atoms with Gasteiger partial charge in [-0.2, -0.15) is 0 Å². The van der Waals surface area contributed by atoms with Gasteiger partial charge < -0.3 is 9.84 Å². The molecule has 0 unspecified atom stereocenters. The Labute approximate surface area is 86.5 Å². The Morgan fingerprint density at radius 2 is 2.00 bits per heavy atom. The first-order valence-electron chi connectivity index (χ1n) is 3.98. The summed E-state index contributed by atoms with van der Waals surface area (Å²) in [7, 11) is 0. The van der Waals surface area contributed by atoms with Crippen molar-refractivity contribution in [3.05, 3.63) is 23.3 Å². The van der Waals surface area contributed by atoms with Crippen molar-refractivity contribution in [1.29, 1.82) is 0 Å². The molecule has 0 aliphatic carbocycles. The number of hydrogen-bond acceptors (Lipinski definition) is 3. The van der Waals surface area contributed by atoms with Gasteiger partial charge in [0, 0.05) is 11.8 Å². The van der Waals surface area contributed by atoms with Crippen molar-refractivity contribution in [1.82, 2.24) is 4.98 Å². The van der Waals surface area contributed by atoms with Crippen molar-refractivity contribution < 1.29 is 31.8 Å². The third-order valence-corrected chi connectivity index (χ3v) is 1.64. The lowest BCUT2D eigenvalue weighted by atomic mass is 10.2. The Hall–Kier alpha value is -1.44. The highest BCUT2D eigenvalue weighted by Crippen LogP contribution is 2.30. The molecule has 1 heterocycles. The fourth-order valence-electron chi connectivity index (χ4n) is 0.975. The van der Waals surface area contributed by atoms with Crippen molar-refractivity contribution in [2.75, 3.05) is 0 Å². The van der Waals surface area contributed by atoms with Crippen molar-refractivity contribution in [3.8, 4) is 5.75 Å². The van der Waals surface area contributed by atoms with Gasteiger partial charge in [-0.1, -0.05) is 0 Å². The van der Waals surface area contributed by atoms with Crippen LogP contribution in [0.5, 0.6) is 5.75 Å². The predicted molar refractivity (Wildman–Crippen MR) is 41.6 cm³/mol. The van der Waals surface area contributed by atoms with Gasteiger partial charge in [-0.15, -0.1) is 13.2 Å². The third-order valence-electron chi connectivity index (χ3n) is 1.64. The molecule has 3 nitrogen and oxygen atoms in total. The third kappa shape index (κ3) is 2.78. The molecule has 0 aliphatic heterocycles. The maximum absolute atomic E-state index is 13.2. The van der Waals surface area contributed by atoms with Gasteiger partial charge in [0.15, 0.2) is 11.6 Å². The molecule has 8 heteroatoms. The van der Waals surface area contributed by atoms with Gasteiger partial charge in [0.05, 0.1) is 6.61 Å². The van der Waals surface area contributed by atoms with Gasteiger partial charge in [-0.05, 0) is 0 Å². The van der Waals surface area contributed by atoms with Crippen LogP contribution in [0.2, 0.25) is 0 Å². The van der Waals surface area contributed by atoms with Crippen LogP contribution in [0.25, 0.3) is 0 Å². The zero-order valence-corrected chi connectivity index (χ0v) is 7.68. The Morgan fingerprint density at radius 3 is 2.44 bits per heavy atom. The van der Waals surface area contributed by atoms with Gasteiger partial charge in [-0.25, -0.2) is 8.78 Å². The van der Waals surface area contributed by atoms with Crippen molar-refractivity contribution in [2.45, 2.75) is 19.6 Å². The normalized spacial score (nSPS) is 11.6. The first-order valence-corrected chi connectivity index (χ1v) is 3.98. The number of pyridine rings is 1. The van der Waals surface area contributed by atoms with E-state index >= 15 is 0 Å². The highest BCUT2D eigenvalue weighted by atomic mass is 19.4. The van der Waals surface area contributed by atoms with Gasteiger partial charge in [0.2, 0.25) is 0 Å². The summed E-state index contributed by atoms with van der Waals surface area (Å²) in [6.07, 6.45) is -4.40. The molecule has 16 heavy (non-hydrogen) atoms. The summed E-state index contributed by atoms with van der Waals surface area (Å²) in [4.78, 5) is 3.20. The molecule has 0 aromatic carbocycles. The Kier molecular flexibility index (Phi) is 3.63. The van der Waals surface area contributed by atoms with E-state index in [2.05, 4.69) is 9.72 Å². The molecule has 0 amide bonds. The smallest absolute Gasteiger partial charge is 0.402 e. The van der Waals surface area contributed by atoms with E-state index in [-0.39, 0.29) is 0 Å². The molecular formula is C8H6F5NO2. The first-order chi connectivity index (χ1) is 7.39. The van der Waals surface area contributed by atoms with Crippen LogP contribution in [-0.2, 0) is 13.3 Å². The summed E-state index contributed by atoms with van der Waals surface area (Å²) in [5.74, 6) is -2.82. The number of nitrogens with zero attached hydrogens (tertiary/aromatic N) is 1. The lowest BCUT2D eigenvalue weighted by Gasteiger charge is -2.13. The topological polar surface area (TPSA) is 42.4 Å². The van der Waals surface area contributed by atoms with Gasteiger partial charge in [0.25, 0.3) is 0 Å². The van der Waals surface area contributed by atoms with Crippen LogP contribution in [0.4, 0.5) is 22.0 Å². The number of aromatic nitrogens is 1. The standard InChI is InChI=1S/C8H6F5NO2/c9-1-5-6(10)7(16-8(11,12)13)4(3-15)2-14-5/h2,15H,1,3H2. The number of halogens is 5. The van der Waals surface area contributed by atoms with Crippen LogP contribution in [0.1, 0.15) is 11.3 Å². The van der Waals surface area contributed by atoms with E-state index in [4.69, 9.17) is 5.11 Å². The van der Waals surface area contributed by atoms with Crippen LogP contribution in [-0.4, -0.2) is 16.5 Å². The van der Waals surface area contributed by atoms with E-state index < -0.39 is 42.5 Å². The van der Waals surface area contributed by atoms with E-state index in [1.807, 2.05) is 0 Å². The molecule has 1 aromatic heterocycles. The molecule has 0 atom stereocenters. The summed E-state index contributed by atoms with van der Waals surface area (Å²) < 4.78 is 64.4. The second-order valence-corrected chi connectivity index (χ2v) is 2.71.